The molecule has 0 aliphatic heterocycles. The highest BCUT2D eigenvalue weighted by Gasteiger charge is 2.17. The number of rotatable bonds is 10. The van der Waals surface area contributed by atoms with Gasteiger partial charge in [-0.05, 0) is 58.4 Å². The highest BCUT2D eigenvalue weighted by molar-refractivity contribution is 6.00. The van der Waals surface area contributed by atoms with Crippen LogP contribution in [0.25, 0.3) is 11.8 Å². The molecule has 2 heterocycles. The molecule has 0 unspecified atom stereocenters. The summed E-state index contributed by atoms with van der Waals surface area (Å²) in [4.78, 5) is 36.3. The Bertz CT molecular complexity index is 1250. The van der Waals surface area contributed by atoms with Gasteiger partial charge in [-0.1, -0.05) is 18.2 Å². The van der Waals surface area contributed by atoms with Gasteiger partial charge >= 0.3 is 11.9 Å². The van der Waals surface area contributed by atoms with E-state index in [0.29, 0.717) is 24.9 Å². The molecule has 8 nitrogen and oxygen atoms in total. The summed E-state index contributed by atoms with van der Waals surface area (Å²) < 4.78 is 13.7. The first-order valence-electron chi connectivity index (χ1n) is 11.5. The van der Waals surface area contributed by atoms with Crippen LogP contribution in [0, 0.1) is 27.7 Å². The number of ether oxygens (including phenoxy) is 2. The van der Waals surface area contributed by atoms with E-state index < -0.39 is 5.97 Å². The number of carbonyl (C=O) groups is 3. The summed E-state index contributed by atoms with van der Waals surface area (Å²) in [5.74, 6) is -1.14. The number of aromatic nitrogens is 3. The fourth-order valence-corrected chi connectivity index (χ4v) is 4.04. The minimum atomic E-state index is -0.600. The highest BCUT2D eigenvalue weighted by atomic mass is 16.5. The predicted octanol–water partition coefficient (Wildman–Crippen LogP) is 4.30. The van der Waals surface area contributed by atoms with Crippen molar-refractivity contribution in [3.63, 3.8) is 0 Å². The van der Waals surface area contributed by atoms with Crippen molar-refractivity contribution in [1.29, 1.82) is 0 Å². The number of nitrogens with zero attached hydrogens (tertiary/aromatic N) is 3. The summed E-state index contributed by atoms with van der Waals surface area (Å²) in [6.45, 7) is 7.80. The van der Waals surface area contributed by atoms with Gasteiger partial charge in [0.25, 0.3) is 0 Å². The lowest BCUT2D eigenvalue weighted by Gasteiger charge is -2.09. The zero-order valence-corrected chi connectivity index (χ0v) is 20.8. The van der Waals surface area contributed by atoms with E-state index in [1.54, 1.807) is 12.1 Å². The Labute approximate surface area is 205 Å². The molecule has 0 bridgehead atoms. The lowest BCUT2D eigenvalue weighted by Crippen LogP contribution is -2.14. The molecular weight excluding hydrogens is 446 g/mol. The monoisotopic (exact) mass is 477 g/mol. The van der Waals surface area contributed by atoms with Crippen LogP contribution in [-0.2, 0) is 25.6 Å². The van der Waals surface area contributed by atoms with Crippen LogP contribution in [0.3, 0.4) is 0 Å². The largest absolute Gasteiger partial charge is 0.469 e. The maximum Gasteiger partial charge on any atom is 0.331 e. The van der Waals surface area contributed by atoms with Crippen molar-refractivity contribution in [1.82, 2.24) is 14.3 Å². The van der Waals surface area contributed by atoms with E-state index in [4.69, 9.17) is 4.74 Å². The number of hydrogen-bond donors (Lipinski definition) is 0. The first-order chi connectivity index (χ1) is 16.7. The Morgan fingerprint density at radius 2 is 1.74 bits per heavy atom. The second-order valence-corrected chi connectivity index (χ2v) is 8.31. The molecule has 0 aliphatic carbocycles. The maximum atomic E-state index is 12.7. The molecule has 2 aromatic heterocycles. The van der Waals surface area contributed by atoms with Crippen LogP contribution in [0.1, 0.15) is 51.5 Å². The van der Waals surface area contributed by atoms with Gasteiger partial charge in [-0.3, -0.25) is 9.59 Å². The van der Waals surface area contributed by atoms with Crippen LogP contribution in [0.5, 0.6) is 0 Å². The van der Waals surface area contributed by atoms with Crippen LogP contribution in [0.2, 0.25) is 0 Å². The second-order valence-electron chi connectivity index (χ2n) is 8.31. The molecule has 0 N–H and O–H groups in total. The van der Waals surface area contributed by atoms with Crippen LogP contribution in [0.4, 0.5) is 0 Å². The Kier molecular flexibility index (Phi) is 8.41. The maximum absolute atomic E-state index is 12.7. The third-order valence-electron chi connectivity index (χ3n) is 5.94. The molecule has 184 valence electrons. The quantitative estimate of drug-likeness (QED) is 0.246. The Morgan fingerprint density at radius 3 is 2.43 bits per heavy atom. The molecule has 8 heteroatoms. The number of hydrogen-bond acceptors (Lipinski definition) is 6. The van der Waals surface area contributed by atoms with E-state index in [-0.39, 0.29) is 18.4 Å². The third kappa shape index (κ3) is 6.15. The summed E-state index contributed by atoms with van der Waals surface area (Å²) in [7, 11) is 1.36. The highest BCUT2D eigenvalue weighted by Crippen LogP contribution is 2.20. The molecular formula is C27H31N3O5. The molecule has 0 aliphatic rings. The normalized spacial score (nSPS) is 11.1. The fourth-order valence-electron chi connectivity index (χ4n) is 4.04. The van der Waals surface area contributed by atoms with Crippen LogP contribution in [-0.4, -0.2) is 45.8 Å². The van der Waals surface area contributed by atoms with Gasteiger partial charge in [0.15, 0.2) is 6.61 Å². The van der Waals surface area contributed by atoms with Gasteiger partial charge in [-0.15, -0.1) is 0 Å². The second kappa shape index (κ2) is 11.5. The van der Waals surface area contributed by atoms with Gasteiger partial charge in [0.05, 0.1) is 18.5 Å². The molecule has 35 heavy (non-hydrogen) atoms. The number of methoxy groups -OCH3 is 1. The van der Waals surface area contributed by atoms with Gasteiger partial charge < -0.3 is 14.0 Å². The summed E-state index contributed by atoms with van der Waals surface area (Å²) in [6, 6.07) is 11.5. The van der Waals surface area contributed by atoms with E-state index >= 15 is 0 Å². The summed E-state index contributed by atoms with van der Waals surface area (Å²) in [5, 5.41) is 4.56. The van der Waals surface area contributed by atoms with Gasteiger partial charge in [-0.25, -0.2) is 9.48 Å². The van der Waals surface area contributed by atoms with E-state index in [9.17, 15) is 14.4 Å². The van der Waals surface area contributed by atoms with Crippen LogP contribution < -0.4 is 0 Å². The topological polar surface area (TPSA) is 92.4 Å². The molecule has 3 aromatic rings. The van der Waals surface area contributed by atoms with Crippen molar-refractivity contribution in [2.24, 2.45) is 0 Å². The predicted molar refractivity (Wildman–Crippen MR) is 133 cm³/mol. The minimum absolute atomic E-state index is 0.262. The lowest BCUT2D eigenvalue weighted by atomic mass is 10.1. The molecule has 0 fully saturated rings. The zero-order chi connectivity index (χ0) is 25.5. The minimum Gasteiger partial charge on any atom is -0.469 e. The van der Waals surface area contributed by atoms with E-state index in [1.807, 2.05) is 67.3 Å². The van der Waals surface area contributed by atoms with E-state index in [1.165, 1.54) is 13.2 Å². The van der Waals surface area contributed by atoms with Gasteiger partial charge in [0, 0.05) is 47.3 Å². The number of aryl methyl sites for hydroxylation is 2. The van der Waals surface area contributed by atoms with Crippen LogP contribution >= 0.6 is 0 Å². The number of carbonyl (C=O) groups excluding carboxylic acids is 3. The third-order valence-corrected chi connectivity index (χ3v) is 5.94. The summed E-state index contributed by atoms with van der Waals surface area (Å²) in [6.07, 6.45) is 3.90. The molecule has 3 rings (SSSR count). The van der Waals surface area contributed by atoms with Crippen LogP contribution in [0.15, 0.2) is 42.5 Å². The number of benzene rings is 1. The Balaban J connectivity index is 1.61. The number of Topliss-reactive ketones (excluding diaryl/α,β-unsaturated/α-hetero) is 1. The summed E-state index contributed by atoms with van der Waals surface area (Å²) >= 11 is 0. The fraction of sp³-hybridized carbons (Fsp3) is 0.333. The Hall–Kier alpha value is -3.94. The number of ketones is 1. The first kappa shape index (κ1) is 25.7. The smallest absolute Gasteiger partial charge is 0.331 e. The van der Waals surface area contributed by atoms with Gasteiger partial charge in [-0.2, -0.15) is 5.10 Å². The number of esters is 2. The van der Waals surface area contributed by atoms with E-state index in [2.05, 4.69) is 9.84 Å². The SMILES string of the molecule is COC(=O)CCCn1c(C)cc(C(=O)COC(=O)/C=C/c2c(C)nn(-c3ccccc3)c2C)c1C. The van der Waals surface area contributed by atoms with Crippen molar-refractivity contribution in [2.45, 2.75) is 47.1 Å². The Morgan fingerprint density at radius 1 is 1.03 bits per heavy atom. The molecule has 0 saturated carbocycles. The van der Waals surface area contributed by atoms with Gasteiger partial charge in [0.2, 0.25) is 5.78 Å². The molecule has 0 spiro atoms. The molecule has 1 aromatic carbocycles. The number of para-hydroxylation sites is 1. The van der Waals surface area contributed by atoms with Crippen molar-refractivity contribution >= 4 is 23.8 Å². The van der Waals surface area contributed by atoms with Crippen molar-refractivity contribution in [3.8, 4) is 5.69 Å². The first-order valence-corrected chi connectivity index (χ1v) is 11.5. The molecule has 0 saturated heterocycles. The molecule has 0 radical (unpaired) electrons. The van der Waals surface area contributed by atoms with Gasteiger partial charge in [0.1, 0.15) is 0 Å². The van der Waals surface area contributed by atoms with Crippen molar-refractivity contribution in [2.75, 3.05) is 13.7 Å². The van der Waals surface area contributed by atoms with Crippen molar-refractivity contribution in [3.05, 3.63) is 76.4 Å². The summed E-state index contributed by atoms with van der Waals surface area (Å²) in [5.41, 5.74) is 5.64. The van der Waals surface area contributed by atoms with Crippen molar-refractivity contribution < 1.29 is 23.9 Å². The molecule has 0 amide bonds. The average Bonchev–Trinajstić information content (AvgIpc) is 3.30. The standard InChI is InChI=1S/C27H31N3O5/c1-18-16-24(20(3)29(18)15-9-12-26(32)34-5)25(31)17-35-27(33)14-13-23-19(2)28-30(21(23)4)22-10-7-6-8-11-22/h6-8,10-11,13-14,16H,9,12,15,17H2,1-5H3/b14-13+. The van der Waals surface area contributed by atoms with E-state index in [0.717, 1.165) is 34.0 Å². The average molecular weight is 478 g/mol. The lowest BCUT2D eigenvalue weighted by molar-refractivity contribution is -0.140. The zero-order valence-electron chi connectivity index (χ0n) is 20.8. The molecule has 0 atom stereocenters.